The van der Waals surface area contributed by atoms with Crippen molar-refractivity contribution in [3.05, 3.63) is 58.0 Å². The lowest BCUT2D eigenvalue weighted by molar-refractivity contribution is -0.164. The van der Waals surface area contributed by atoms with Gasteiger partial charge in [-0.15, -0.1) is 0 Å². The number of pyridine rings is 1. The molecule has 1 aliphatic rings. The number of oxime groups is 1. The average Bonchev–Trinajstić information content (AvgIpc) is 3.04. The molecule has 0 spiro atoms. The summed E-state index contributed by atoms with van der Waals surface area (Å²) < 4.78 is 19.4. The first-order valence-corrected chi connectivity index (χ1v) is 9.06. The van der Waals surface area contributed by atoms with Crippen molar-refractivity contribution in [2.45, 2.75) is 25.9 Å². The maximum Gasteiger partial charge on any atom is 0.353 e. The highest BCUT2D eigenvalue weighted by Gasteiger charge is 2.44. The van der Waals surface area contributed by atoms with E-state index in [0.29, 0.717) is 11.3 Å². The van der Waals surface area contributed by atoms with Gasteiger partial charge in [-0.2, -0.15) is 0 Å². The SMILES string of the molecule is C=C(C)c1cnc(-c2cc(C3=NOC(C)(C(=O)OC)C3)c(Cl)cc2F)c(Cl)c1. The van der Waals surface area contributed by atoms with Crippen molar-refractivity contribution in [1.82, 2.24) is 4.98 Å². The Morgan fingerprint density at radius 1 is 1.29 bits per heavy atom. The molecule has 0 saturated carbocycles. The summed E-state index contributed by atoms with van der Waals surface area (Å²) in [7, 11) is 1.26. The summed E-state index contributed by atoms with van der Waals surface area (Å²) >= 11 is 12.5. The number of rotatable bonds is 4. The van der Waals surface area contributed by atoms with E-state index in [2.05, 4.69) is 16.7 Å². The van der Waals surface area contributed by atoms with Gasteiger partial charge in [-0.3, -0.25) is 4.98 Å². The fraction of sp³-hybridized carbons (Fsp3) is 0.250. The van der Waals surface area contributed by atoms with Crippen LogP contribution in [0.5, 0.6) is 0 Å². The number of hydrogen-bond acceptors (Lipinski definition) is 5. The van der Waals surface area contributed by atoms with Crippen molar-refractivity contribution >= 4 is 40.5 Å². The molecule has 0 saturated heterocycles. The van der Waals surface area contributed by atoms with E-state index in [1.54, 1.807) is 19.2 Å². The Labute approximate surface area is 171 Å². The standard InChI is InChI=1S/C20H17Cl2FN2O3/c1-10(2)11-5-15(22)18(24-9-11)13-6-12(14(21)7-16(13)23)17-8-20(3,28-25-17)19(26)27-4/h5-7,9H,1,8H2,2-4H3. The third-order valence-electron chi connectivity index (χ3n) is 4.44. The monoisotopic (exact) mass is 422 g/mol. The number of ether oxygens (including phenoxy) is 1. The number of esters is 1. The second-order valence-corrected chi connectivity index (χ2v) is 7.49. The topological polar surface area (TPSA) is 60.8 Å². The molecular formula is C20H17Cl2FN2O3. The maximum atomic E-state index is 14.6. The van der Waals surface area contributed by atoms with Crippen LogP contribution in [0.25, 0.3) is 16.8 Å². The van der Waals surface area contributed by atoms with E-state index in [0.717, 1.165) is 17.2 Å². The molecule has 2 heterocycles. The van der Waals surface area contributed by atoms with Gasteiger partial charge in [0.1, 0.15) is 5.82 Å². The molecule has 3 rings (SSSR count). The number of methoxy groups -OCH3 is 1. The maximum absolute atomic E-state index is 14.6. The molecule has 0 radical (unpaired) electrons. The van der Waals surface area contributed by atoms with Crippen LogP contribution in [-0.4, -0.2) is 29.4 Å². The molecule has 28 heavy (non-hydrogen) atoms. The van der Waals surface area contributed by atoms with E-state index < -0.39 is 17.4 Å². The Bertz CT molecular complexity index is 1020. The van der Waals surface area contributed by atoms with Gasteiger partial charge in [-0.1, -0.05) is 34.9 Å². The summed E-state index contributed by atoms with van der Waals surface area (Å²) in [4.78, 5) is 21.5. The van der Waals surface area contributed by atoms with Gasteiger partial charge in [0.25, 0.3) is 0 Å². The van der Waals surface area contributed by atoms with Gasteiger partial charge < -0.3 is 9.57 Å². The van der Waals surface area contributed by atoms with Crippen LogP contribution in [0.1, 0.15) is 31.4 Å². The van der Waals surface area contributed by atoms with Crippen LogP contribution >= 0.6 is 23.2 Å². The summed E-state index contributed by atoms with van der Waals surface area (Å²) in [6.07, 6.45) is 1.70. The Morgan fingerprint density at radius 2 is 2.00 bits per heavy atom. The van der Waals surface area contributed by atoms with Crippen molar-refractivity contribution in [2.75, 3.05) is 7.11 Å². The number of allylic oxidation sites excluding steroid dienone is 1. The van der Waals surface area contributed by atoms with Gasteiger partial charge in [-0.25, -0.2) is 9.18 Å². The van der Waals surface area contributed by atoms with E-state index in [1.165, 1.54) is 13.2 Å². The van der Waals surface area contributed by atoms with Gasteiger partial charge >= 0.3 is 5.97 Å². The molecule has 0 fully saturated rings. The van der Waals surface area contributed by atoms with Crippen LogP contribution in [-0.2, 0) is 14.4 Å². The summed E-state index contributed by atoms with van der Waals surface area (Å²) in [6, 6.07) is 4.33. The minimum Gasteiger partial charge on any atom is -0.466 e. The molecule has 8 heteroatoms. The highest BCUT2D eigenvalue weighted by Crippen LogP contribution is 2.36. The fourth-order valence-corrected chi connectivity index (χ4v) is 3.36. The molecule has 1 unspecified atom stereocenters. The number of halogens is 3. The van der Waals surface area contributed by atoms with Crippen LogP contribution in [0.3, 0.4) is 0 Å². The van der Waals surface area contributed by atoms with Crippen LogP contribution in [0.2, 0.25) is 10.0 Å². The first-order chi connectivity index (χ1) is 13.2. The molecule has 0 bridgehead atoms. The smallest absolute Gasteiger partial charge is 0.353 e. The molecule has 1 aromatic carbocycles. The Hall–Kier alpha value is -2.44. The lowest BCUT2D eigenvalue weighted by atomic mass is 9.94. The molecule has 1 aromatic heterocycles. The summed E-state index contributed by atoms with van der Waals surface area (Å²) in [5.74, 6) is -1.15. The molecule has 1 atom stereocenters. The van der Waals surface area contributed by atoms with Crippen LogP contribution < -0.4 is 0 Å². The molecule has 2 aromatic rings. The molecule has 0 N–H and O–H groups in total. The lowest BCUT2D eigenvalue weighted by Gasteiger charge is -2.17. The highest BCUT2D eigenvalue weighted by molar-refractivity contribution is 6.35. The normalized spacial score (nSPS) is 18.4. The molecule has 5 nitrogen and oxygen atoms in total. The first-order valence-electron chi connectivity index (χ1n) is 8.31. The summed E-state index contributed by atoms with van der Waals surface area (Å²) in [5, 5.41) is 4.36. The molecule has 0 aliphatic carbocycles. The van der Waals surface area contributed by atoms with Crippen molar-refractivity contribution in [3.63, 3.8) is 0 Å². The van der Waals surface area contributed by atoms with Crippen molar-refractivity contribution in [2.24, 2.45) is 5.16 Å². The molecular weight excluding hydrogens is 406 g/mol. The van der Waals surface area contributed by atoms with E-state index >= 15 is 0 Å². The van der Waals surface area contributed by atoms with Crippen molar-refractivity contribution in [3.8, 4) is 11.3 Å². The number of carbonyl (C=O) groups excluding carboxylic acids is 1. The van der Waals surface area contributed by atoms with E-state index in [4.69, 9.17) is 32.8 Å². The van der Waals surface area contributed by atoms with Gasteiger partial charge in [0.2, 0.25) is 5.60 Å². The van der Waals surface area contributed by atoms with E-state index in [-0.39, 0.29) is 27.7 Å². The number of carbonyl (C=O) groups is 1. The van der Waals surface area contributed by atoms with Crippen molar-refractivity contribution in [1.29, 1.82) is 0 Å². The third kappa shape index (κ3) is 3.62. The summed E-state index contributed by atoms with van der Waals surface area (Å²) in [5.41, 5.74) is 1.52. The van der Waals surface area contributed by atoms with Crippen LogP contribution in [0, 0.1) is 5.82 Å². The zero-order chi connectivity index (χ0) is 20.6. The number of hydrogen-bond donors (Lipinski definition) is 0. The van der Waals surface area contributed by atoms with Gasteiger partial charge in [0, 0.05) is 23.7 Å². The largest absolute Gasteiger partial charge is 0.466 e. The molecule has 0 amide bonds. The highest BCUT2D eigenvalue weighted by atomic mass is 35.5. The zero-order valence-electron chi connectivity index (χ0n) is 15.5. The van der Waals surface area contributed by atoms with Gasteiger partial charge in [-0.05, 0) is 43.2 Å². The second-order valence-electron chi connectivity index (χ2n) is 6.68. The van der Waals surface area contributed by atoms with Gasteiger partial charge in [0.15, 0.2) is 0 Å². The average molecular weight is 423 g/mol. The zero-order valence-corrected chi connectivity index (χ0v) is 17.0. The fourth-order valence-electron chi connectivity index (χ4n) is 2.83. The predicted octanol–water partition coefficient (Wildman–Crippen LogP) is 5.28. The first kappa shape index (κ1) is 20.3. The van der Waals surface area contributed by atoms with E-state index in [9.17, 15) is 9.18 Å². The van der Waals surface area contributed by atoms with E-state index in [1.807, 2.05) is 6.92 Å². The second kappa shape index (κ2) is 7.53. The van der Waals surface area contributed by atoms with Crippen LogP contribution in [0.4, 0.5) is 4.39 Å². The Balaban J connectivity index is 2.04. The third-order valence-corrected chi connectivity index (χ3v) is 5.04. The van der Waals surface area contributed by atoms with Crippen molar-refractivity contribution < 1.29 is 18.8 Å². The Morgan fingerprint density at radius 3 is 2.61 bits per heavy atom. The summed E-state index contributed by atoms with van der Waals surface area (Å²) in [6.45, 7) is 7.22. The quantitative estimate of drug-likeness (QED) is 0.628. The minimum atomic E-state index is -1.26. The number of nitrogens with zero attached hydrogens (tertiary/aromatic N) is 2. The lowest BCUT2D eigenvalue weighted by Crippen LogP contribution is -2.36. The molecule has 1 aliphatic heterocycles. The number of benzene rings is 1. The Kier molecular flexibility index (Phi) is 5.46. The van der Waals surface area contributed by atoms with Crippen LogP contribution in [0.15, 0.2) is 36.1 Å². The number of aromatic nitrogens is 1. The minimum absolute atomic E-state index is 0.125. The predicted molar refractivity (Wildman–Crippen MR) is 107 cm³/mol. The molecule has 146 valence electrons. The van der Waals surface area contributed by atoms with Gasteiger partial charge in [0.05, 0.1) is 28.6 Å².